The second-order valence-electron chi connectivity index (χ2n) is 7.30. The number of hydrogen-bond donors (Lipinski definition) is 1. The first-order valence-corrected chi connectivity index (χ1v) is 9.41. The van der Waals surface area contributed by atoms with Crippen molar-refractivity contribution in [3.05, 3.63) is 93.5 Å². The highest BCUT2D eigenvalue weighted by Gasteiger charge is 2.24. The van der Waals surface area contributed by atoms with E-state index in [9.17, 15) is 10.0 Å². The zero-order valence-corrected chi connectivity index (χ0v) is 16.7. The number of allylic oxidation sites excluding steroid dienone is 1. The number of aryl methyl sites for hydroxylation is 1. The largest absolute Gasteiger partial charge is 0.618 e. The number of methoxy groups -OCH3 is 1. The van der Waals surface area contributed by atoms with E-state index in [4.69, 9.17) is 10.5 Å². The molecule has 1 aliphatic rings. The molecular weight excluding hydrogens is 364 g/mol. The van der Waals surface area contributed by atoms with Crippen LogP contribution in [0.3, 0.4) is 0 Å². The van der Waals surface area contributed by atoms with Gasteiger partial charge < -0.3 is 15.7 Å². The van der Waals surface area contributed by atoms with Crippen molar-refractivity contribution in [1.82, 2.24) is 0 Å². The molecule has 1 amide bonds. The van der Waals surface area contributed by atoms with Crippen LogP contribution < -0.4 is 15.2 Å². The summed E-state index contributed by atoms with van der Waals surface area (Å²) in [7, 11) is 1.65. The summed E-state index contributed by atoms with van der Waals surface area (Å²) in [6.45, 7) is 4.05. The summed E-state index contributed by atoms with van der Waals surface area (Å²) in [6.07, 6.45) is 4.24. The summed E-state index contributed by atoms with van der Waals surface area (Å²) >= 11 is 0. The number of nitrogens with zero attached hydrogens (tertiary/aromatic N) is 1. The molecule has 29 heavy (non-hydrogen) atoms. The molecule has 0 radical (unpaired) electrons. The Morgan fingerprint density at radius 3 is 2.45 bits per heavy atom. The number of carbonyl (C=O) groups is 1. The van der Waals surface area contributed by atoms with Gasteiger partial charge in [0.05, 0.1) is 19.1 Å². The lowest BCUT2D eigenvalue weighted by Crippen LogP contribution is -2.31. The smallest absolute Gasteiger partial charge is 0.248 e. The van der Waals surface area contributed by atoms with Gasteiger partial charge in [0.25, 0.3) is 0 Å². The SMILES string of the molecule is COc1cc(-c2cc3c([n+]([O-])c2)CC=C3c2ccc(C(N)=O)cc2)cc(C)c1C. The lowest BCUT2D eigenvalue weighted by atomic mass is 9.95. The summed E-state index contributed by atoms with van der Waals surface area (Å²) in [6, 6.07) is 13.2. The number of ether oxygens (including phenoxy) is 1. The fourth-order valence-electron chi connectivity index (χ4n) is 3.79. The molecule has 2 N–H and O–H groups in total. The molecule has 0 fully saturated rings. The number of pyridine rings is 1. The molecule has 0 aliphatic heterocycles. The van der Waals surface area contributed by atoms with Gasteiger partial charge in [-0.2, -0.15) is 4.73 Å². The van der Waals surface area contributed by atoms with Gasteiger partial charge >= 0.3 is 0 Å². The maximum absolute atomic E-state index is 12.7. The molecule has 2 aromatic carbocycles. The monoisotopic (exact) mass is 386 g/mol. The molecule has 146 valence electrons. The molecule has 1 aliphatic carbocycles. The van der Waals surface area contributed by atoms with Crippen LogP contribution in [0.5, 0.6) is 5.75 Å². The molecule has 5 nitrogen and oxygen atoms in total. The number of hydrogen-bond acceptors (Lipinski definition) is 3. The molecular formula is C24H22N2O3. The van der Waals surface area contributed by atoms with Crippen LogP contribution in [-0.4, -0.2) is 13.0 Å². The van der Waals surface area contributed by atoms with Gasteiger partial charge in [-0.05, 0) is 65.9 Å². The summed E-state index contributed by atoms with van der Waals surface area (Å²) in [5.41, 5.74) is 13.3. The molecule has 0 saturated heterocycles. The molecule has 3 aromatic rings. The van der Waals surface area contributed by atoms with E-state index in [1.54, 1.807) is 25.4 Å². The Bertz CT molecular complexity index is 1160. The average molecular weight is 386 g/mol. The van der Waals surface area contributed by atoms with E-state index >= 15 is 0 Å². The molecule has 0 unspecified atom stereocenters. The summed E-state index contributed by atoms with van der Waals surface area (Å²) in [4.78, 5) is 11.3. The van der Waals surface area contributed by atoms with Crippen molar-refractivity contribution < 1.29 is 14.3 Å². The lowest BCUT2D eigenvalue weighted by Gasteiger charge is -2.13. The zero-order valence-electron chi connectivity index (χ0n) is 16.7. The van der Waals surface area contributed by atoms with Gasteiger partial charge in [-0.1, -0.05) is 24.3 Å². The van der Waals surface area contributed by atoms with Crippen molar-refractivity contribution >= 4 is 11.5 Å². The van der Waals surface area contributed by atoms with Crippen molar-refractivity contribution in [2.24, 2.45) is 5.73 Å². The van der Waals surface area contributed by atoms with Crippen molar-refractivity contribution in [2.75, 3.05) is 7.11 Å². The summed E-state index contributed by atoms with van der Waals surface area (Å²) in [5.74, 6) is 0.344. The maximum atomic E-state index is 12.7. The van der Waals surface area contributed by atoms with Gasteiger partial charge in [0.2, 0.25) is 11.6 Å². The highest BCUT2D eigenvalue weighted by Crippen LogP contribution is 2.35. The van der Waals surface area contributed by atoms with Crippen molar-refractivity contribution in [3.63, 3.8) is 0 Å². The Morgan fingerprint density at radius 2 is 1.79 bits per heavy atom. The van der Waals surface area contributed by atoms with Crippen LogP contribution in [0.15, 0.2) is 54.7 Å². The minimum Gasteiger partial charge on any atom is -0.618 e. The van der Waals surface area contributed by atoms with Crippen molar-refractivity contribution in [2.45, 2.75) is 20.3 Å². The molecule has 0 spiro atoms. The van der Waals surface area contributed by atoms with Crippen LogP contribution in [0.25, 0.3) is 16.7 Å². The fourth-order valence-corrected chi connectivity index (χ4v) is 3.79. The standard InChI is InChI=1S/C24H22N2O3/c1-14-10-18(12-23(29-3)15(14)2)19-11-21-20(8-9-22(21)26(28)13-19)16-4-6-17(7-5-16)24(25)27/h4-8,10-13H,9H2,1-3H3,(H2,25,27). The number of amides is 1. The fraction of sp³-hybridized carbons (Fsp3) is 0.167. The number of carbonyl (C=O) groups excluding carboxylic acids is 1. The van der Waals surface area contributed by atoms with E-state index in [0.29, 0.717) is 12.0 Å². The third-order valence-corrected chi connectivity index (χ3v) is 5.58. The van der Waals surface area contributed by atoms with Gasteiger partial charge in [-0.3, -0.25) is 4.79 Å². The molecule has 5 heteroatoms. The van der Waals surface area contributed by atoms with Crippen LogP contribution >= 0.6 is 0 Å². The van der Waals surface area contributed by atoms with E-state index in [1.165, 1.54) is 0 Å². The Labute approximate surface area is 169 Å². The Balaban J connectivity index is 1.80. The van der Waals surface area contributed by atoms with E-state index in [1.807, 2.05) is 44.2 Å². The quantitative estimate of drug-likeness (QED) is 0.548. The van der Waals surface area contributed by atoms with Crippen molar-refractivity contribution in [1.29, 1.82) is 0 Å². The van der Waals surface area contributed by atoms with Gasteiger partial charge in [-0.15, -0.1) is 0 Å². The van der Waals surface area contributed by atoms with E-state index in [-0.39, 0.29) is 0 Å². The maximum Gasteiger partial charge on any atom is 0.248 e. The Kier molecular flexibility index (Phi) is 4.59. The minimum absolute atomic E-state index is 0.458. The van der Waals surface area contributed by atoms with E-state index in [0.717, 1.165) is 55.1 Å². The summed E-state index contributed by atoms with van der Waals surface area (Å²) < 4.78 is 6.45. The van der Waals surface area contributed by atoms with Crippen LogP contribution in [0, 0.1) is 19.1 Å². The van der Waals surface area contributed by atoms with Gasteiger partial charge in [0.15, 0.2) is 6.20 Å². The first-order valence-electron chi connectivity index (χ1n) is 9.41. The predicted octanol–water partition coefficient (Wildman–Crippen LogP) is 3.70. The molecule has 0 saturated carbocycles. The number of nitrogens with two attached hydrogens (primary N) is 1. The minimum atomic E-state index is -0.458. The van der Waals surface area contributed by atoms with E-state index < -0.39 is 5.91 Å². The van der Waals surface area contributed by atoms with E-state index in [2.05, 4.69) is 6.07 Å². The first-order chi connectivity index (χ1) is 13.9. The molecule has 1 heterocycles. The predicted molar refractivity (Wildman–Crippen MR) is 113 cm³/mol. The molecule has 1 aromatic heterocycles. The third-order valence-electron chi connectivity index (χ3n) is 5.58. The van der Waals surface area contributed by atoms with Crippen LogP contribution in [0.1, 0.15) is 38.3 Å². The van der Waals surface area contributed by atoms with Crippen molar-refractivity contribution in [3.8, 4) is 16.9 Å². The van der Waals surface area contributed by atoms with Crippen LogP contribution in [-0.2, 0) is 6.42 Å². The average Bonchev–Trinajstić information content (AvgIpc) is 3.14. The van der Waals surface area contributed by atoms with Gasteiger partial charge in [0, 0.05) is 11.1 Å². The number of fused-ring (bicyclic) bond motifs is 1. The third kappa shape index (κ3) is 3.25. The van der Waals surface area contributed by atoms with Gasteiger partial charge in [0.1, 0.15) is 5.75 Å². The Morgan fingerprint density at radius 1 is 1.07 bits per heavy atom. The lowest BCUT2D eigenvalue weighted by molar-refractivity contribution is -0.612. The zero-order chi connectivity index (χ0) is 20.7. The van der Waals surface area contributed by atoms with Gasteiger partial charge in [-0.25, -0.2) is 0 Å². The molecule has 0 bridgehead atoms. The number of primary amides is 1. The molecule has 4 rings (SSSR count). The van der Waals surface area contributed by atoms with Crippen LogP contribution in [0.2, 0.25) is 0 Å². The highest BCUT2D eigenvalue weighted by atomic mass is 16.5. The second kappa shape index (κ2) is 7.09. The topological polar surface area (TPSA) is 79.3 Å². The Hall–Kier alpha value is -3.60. The van der Waals surface area contributed by atoms with Crippen LogP contribution in [0.4, 0.5) is 0 Å². The number of rotatable bonds is 4. The first kappa shape index (κ1) is 18.7. The summed E-state index contributed by atoms with van der Waals surface area (Å²) in [5, 5.41) is 12.7. The number of benzene rings is 2. The number of aromatic nitrogens is 1. The highest BCUT2D eigenvalue weighted by molar-refractivity contribution is 5.94. The second-order valence-corrected chi connectivity index (χ2v) is 7.30. The molecule has 0 atom stereocenters. The normalized spacial score (nSPS) is 12.4.